The second-order valence-electron chi connectivity index (χ2n) is 9.92. The minimum atomic E-state index is -0.573. The second kappa shape index (κ2) is 7.42. The summed E-state index contributed by atoms with van der Waals surface area (Å²) in [4.78, 5) is 0. The van der Waals surface area contributed by atoms with Crippen molar-refractivity contribution in [2.24, 2.45) is 0 Å². The Bertz CT molecular complexity index is 1470. The van der Waals surface area contributed by atoms with Gasteiger partial charge in [0, 0.05) is 0 Å². The molecule has 0 aromatic heterocycles. The van der Waals surface area contributed by atoms with Gasteiger partial charge in [0.25, 0.3) is 0 Å². The van der Waals surface area contributed by atoms with Crippen molar-refractivity contribution >= 4 is 23.4 Å². The summed E-state index contributed by atoms with van der Waals surface area (Å²) in [6.45, 7) is 4.36. The summed E-state index contributed by atoms with van der Waals surface area (Å²) in [5.74, 6) is 0. The van der Waals surface area contributed by atoms with Gasteiger partial charge in [-0.1, -0.05) is 109 Å². The monoisotopic (exact) mass is 452 g/mol. The summed E-state index contributed by atoms with van der Waals surface area (Å²) >= 11 is 0. The lowest BCUT2D eigenvalue weighted by Gasteiger charge is -2.34. The topological polar surface area (TPSA) is 18.5 Å². The molecule has 168 valence electrons. The maximum Gasteiger partial charge on any atom is 0.495 e. The Hall–Kier alpha value is -3.66. The van der Waals surface area contributed by atoms with E-state index in [0.717, 1.165) is 16.6 Å². The fourth-order valence-corrected chi connectivity index (χ4v) is 5.97. The molecule has 3 heteroatoms. The molecule has 0 spiro atoms. The molecule has 1 heterocycles. The van der Waals surface area contributed by atoms with E-state index in [0.29, 0.717) is 0 Å². The van der Waals surface area contributed by atoms with E-state index >= 15 is 0 Å². The zero-order valence-electron chi connectivity index (χ0n) is 19.9. The highest BCUT2D eigenvalue weighted by Gasteiger charge is 2.63. The van der Waals surface area contributed by atoms with E-state index in [1.54, 1.807) is 0 Å². The molecule has 2 nitrogen and oxygen atoms in total. The van der Waals surface area contributed by atoms with Gasteiger partial charge in [0.2, 0.25) is 0 Å². The van der Waals surface area contributed by atoms with Crippen LogP contribution in [0, 0.1) is 0 Å². The van der Waals surface area contributed by atoms with Crippen LogP contribution in [0.15, 0.2) is 115 Å². The molecule has 5 aromatic carbocycles. The van der Waals surface area contributed by atoms with Gasteiger partial charge in [-0.25, -0.2) is 0 Å². The average Bonchev–Trinajstić information content (AvgIpc) is 3.29. The highest BCUT2D eigenvalue weighted by atomic mass is 16.7. The molecule has 2 atom stereocenters. The van der Waals surface area contributed by atoms with Gasteiger partial charge in [0.1, 0.15) is 11.2 Å². The lowest BCUT2D eigenvalue weighted by molar-refractivity contribution is -0.0222. The molecule has 0 N–H and O–H groups in total. The normalized spacial score (nSPS) is 22.5. The predicted octanol–water partition coefficient (Wildman–Crippen LogP) is 7.06. The summed E-state index contributed by atoms with van der Waals surface area (Å²) in [7, 11) is -0.472. The fraction of sp³-hybridized carbons (Fsp3) is 0.125. The van der Waals surface area contributed by atoms with Gasteiger partial charge in [-0.05, 0) is 69.5 Å². The van der Waals surface area contributed by atoms with E-state index in [-0.39, 0.29) is 0 Å². The van der Waals surface area contributed by atoms with Crippen LogP contribution in [0.1, 0.15) is 25.0 Å². The van der Waals surface area contributed by atoms with Crippen molar-refractivity contribution in [1.29, 1.82) is 0 Å². The molecule has 0 saturated carbocycles. The minimum Gasteiger partial charge on any atom is -0.394 e. The molecule has 1 fully saturated rings. The quantitative estimate of drug-likeness (QED) is 0.273. The van der Waals surface area contributed by atoms with E-state index in [2.05, 4.69) is 129 Å². The maximum absolute atomic E-state index is 6.89. The van der Waals surface area contributed by atoms with Crippen LogP contribution in [0.4, 0.5) is 0 Å². The molecule has 0 unspecified atom stereocenters. The number of rotatable bonds is 3. The number of hydrogen-bond acceptors (Lipinski definition) is 2. The summed E-state index contributed by atoms with van der Waals surface area (Å²) in [6, 6.07) is 40.7. The summed E-state index contributed by atoms with van der Waals surface area (Å²) in [6.07, 6.45) is 0. The molecule has 1 saturated heterocycles. The third kappa shape index (κ3) is 2.92. The Morgan fingerprint density at radius 1 is 0.514 bits per heavy atom. The van der Waals surface area contributed by atoms with E-state index in [9.17, 15) is 0 Å². The van der Waals surface area contributed by atoms with Crippen molar-refractivity contribution < 1.29 is 9.31 Å². The Kier molecular flexibility index (Phi) is 4.39. The highest BCUT2D eigenvalue weighted by molar-refractivity contribution is 6.62. The molecule has 1 aliphatic heterocycles. The molecular weight excluding hydrogens is 427 g/mol. The Morgan fingerprint density at radius 3 is 1.49 bits per heavy atom. The van der Waals surface area contributed by atoms with Gasteiger partial charge >= 0.3 is 7.12 Å². The second-order valence-corrected chi connectivity index (χ2v) is 9.92. The first-order chi connectivity index (χ1) is 17.1. The molecule has 35 heavy (non-hydrogen) atoms. The molecule has 0 radical (unpaired) electrons. The van der Waals surface area contributed by atoms with Crippen LogP contribution < -0.4 is 5.46 Å². The third-order valence-corrected chi connectivity index (χ3v) is 7.97. The largest absolute Gasteiger partial charge is 0.495 e. The standard InChI is InChI=1S/C32H25BO2/c1-31-28-17-9-15-24-16-10-18-29(30(24)28)32(31,2)35-33(34-31)27-20-25(22-11-5-3-6-12-22)19-26(21-27)23-13-7-4-8-14-23/h3-21H,1-2H3/t31-,32+. The molecule has 0 bridgehead atoms. The van der Waals surface area contributed by atoms with Crippen LogP contribution in [-0.2, 0) is 20.5 Å². The lowest BCUT2D eigenvalue weighted by atomic mass is 9.76. The van der Waals surface area contributed by atoms with Crippen LogP contribution in [0.25, 0.3) is 33.0 Å². The van der Waals surface area contributed by atoms with E-state index in [1.807, 2.05) is 0 Å². The number of hydrogen-bond donors (Lipinski definition) is 0. The van der Waals surface area contributed by atoms with Gasteiger partial charge in [0.05, 0.1) is 0 Å². The summed E-state index contributed by atoms with van der Waals surface area (Å²) in [5, 5.41) is 2.50. The van der Waals surface area contributed by atoms with Gasteiger partial charge in [-0.2, -0.15) is 0 Å². The van der Waals surface area contributed by atoms with Gasteiger partial charge in [-0.15, -0.1) is 0 Å². The first kappa shape index (κ1) is 20.7. The number of benzene rings is 5. The van der Waals surface area contributed by atoms with Crippen molar-refractivity contribution in [3.8, 4) is 22.3 Å². The molecule has 7 rings (SSSR count). The van der Waals surface area contributed by atoms with Crippen molar-refractivity contribution in [2.75, 3.05) is 0 Å². The summed E-state index contributed by atoms with van der Waals surface area (Å²) in [5.41, 5.74) is 6.97. The van der Waals surface area contributed by atoms with Crippen molar-refractivity contribution in [3.05, 3.63) is 126 Å². The van der Waals surface area contributed by atoms with E-state index in [1.165, 1.54) is 33.0 Å². The summed E-state index contributed by atoms with van der Waals surface area (Å²) < 4.78 is 13.8. The van der Waals surface area contributed by atoms with Crippen LogP contribution >= 0.6 is 0 Å². The Labute approximate surface area is 206 Å². The Balaban J connectivity index is 1.38. The fourth-order valence-electron chi connectivity index (χ4n) is 5.97. The zero-order valence-corrected chi connectivity index (χ0v) is 19.9. The molecule has 5 aromatic rings. The van der Waals surface area contributed by atoms with Crippen LogP contribution in [0.5, 0.6) is 0 Å². The molecule has 0 amide bonds. The van der Waals surface area contributed by atoms with Crippen molar-refractivity contribution in [3.63, 3.8) is 0 Å². The van der Waals surface area contributed by atoms with Gasteiger partial charge in [-0.3, -0.25) is 0 Å². The number of fused-ring (bicyclic) bond motifs is 3. The third-order valence-electron chi connectivity index (χ3n) is 7.97. The molecule has 1 aliphatic carbocycles. The first-order valence-electron chi connectivity index (χ1n) is 12.2. The molecule has 2 aliphatic rings. The van der Waals surface area contributed by atoms with Crippen LogP contribution in [0.2, 0.25) is 0 Å². The lowest BCUT2D eigenvalue weighted by Crippen LogP contribution is -2.38. The van der Waals surface area contributed by atoms with E-state index < -0.39 is 18.3 Å². The SMILES string of the molecule is C[C@@]12OB(c3cc(-c4ccccc4)cc(-c4ccccc4)c3)O[C@]1(C)c1cccc3cccc2c13. The molecular formula is C32H25BO2. The van der Waals surface area contributed by atoms with Gasteiger partial charge < -0.3 is 9.31 Å². The minimum absolute atomic E-state index is 0.472. The smallest absolute Gasteiger partial charge is 0.394 e. The van der Waals surface area contributed by atoms with E-state index in [4.69, 9.17) is 9.31 Å². The predicted molar refractivity (Wildman–Crippen MR) is 144 cm³/mol. The first-order valence-corrected chi connectivity index (χ1v) is 12.2. The Morgan fingerprint density at radius 2 is 1.00 bits per heavy atom. The van der Waals surface area contributed by atoms with Gasteiger partial charge in [0.15, 0.2) is 0 Å². The van der Waals surface area contributed by atoms with Crippen molar-refractivity contribution in [1.82, 2.24) is 0 Å². The zero-order chi connectivity index (χ0) is 23.6. The maximum atomic E-state index is 6.89. The highest BCUT2D eigenvalue weighted by Crippen LogP contribution is 2.59. The average molecular weight is 452 g/mol. The van der Waals surface area contributed by atoms with Crippen LogP contribution in [0.3, 0.4) is 0 Å². The van der Waals surface area contributed by atoms with Crippen LogP contribution in [-0.4, -0.2) is 7.12 Å². The van der Waals surface area contributed by atoms with Crippen molar-refractivity contribution in [2.45, 2.75) is 25.0 Å².